The van der Waals surface area contributed by atoms with Gasteiger partial charge in [-0.15, -0.1) is 0 Å². The van der Waals surface area contributed by atoms with E-state index in [0.29, 0.717) is 11.4 Å². The Morgan fingerprint density at radius 2 is 2.00 bits per heavy atom. The number of nitrogens with zero attached hydrogens (tertiary/aromatic N) is 2. The van der Waals surface area contributed by atoms with Crippen LogP contribution in [-0.2, 0) is 19.1 Å². The Morgan fingerprint density at radius 3 is 2.50 bits per heavy atom. The normalized spacial score (nSPS) is 18.2. The van der Waals surface area contributed by atoms with Gasteiger partial charge in [0.1, 0.15) is 6.54 Å². The van der Waals surface area contributed by atoms with E-state index in [-0.39, 0.29) is 31.8 Å². The molecule has 9 heteroatoms. The first-order chi connectivity index (χ1) is 11.0. The summed E-state index contributed by atoms with van der Waals surface area (Å²) in [5, 5.41) is 0. The molecule has 1 atom stereocenters. The zero-order valence-electron chi connectivity index (χ0n) is 14.1. The second-order valence-corrected chi connectivity index (χ2v) is 6.29. The third kappa shape index (κ3) is 6.37. The summed E-state index contributed by atoms with van der Waals surface area (Å²) < 4.78 is 41.9. The number of hydrogen-bond acceptors (Lipinski definition) is 4. The van der Waals surface area contributed by atoms with Gasteiger partial charge in [-0.1, -0.05) is 13.8 Å². The van der Waals surface area contributed by atoms with Crippen molar-refractivity contribution < 1.29 is 32.3 Å². The SMILES string of the molecule is COC(=O)CCN(CC(C)C)C(=O)C1CC(=O)N(CC(F)(F)F)C1. The molecule has 1 heterocycles. The van der Waals surface area contributed by atoms with E-state index in [9.17, 15) is 27.6 Å². The molecule has 0 spiro atoms. The molecule has 0 radical (unpaired) electrons. The number of alkyl halides is 3. The standard InChI is InChI=1S/C15H23F3N2O4/c1-10(2)7-19(5-4-13(22)24-3)14(23)11-6-12(21)20(8-11)9-15(16,17)18/h10-11H,4-9H2,1-3H3. The molecular weight excluding hydrogens is 329 g/mol. The Bertz CT molecular complexity index is 480. The van der Waals surface area contributed by atoms with Crippen LogP contribution in [0.3, 0.4) is 0 Å². The van der Waals surface area contributed by atoms with Gasteiger partial charge in [-0.3, -0.25) is 14.4 Å². The van der Waals surface area contributed by atoms with Crippen LogP contribution in [0.15, 0.2) is 0 Å². The molecule has 2 amide bonds. The van der Waals surface area contributed by atoms with Gasteiger partial charge >= 0.3 is 12.1 Å². The predicted octanol–water partition coefficient (Wildman–Crippen LogP) is 1.44. The molecule has 6 nitrogen and oxygen atoms in total. The third-order valence-corrected chi connectivity index (χ3v) is 3.64. The number of amides is 2. The number of ether oxygens (including phenoxy) is 1. The van der Waals surface area contributed by atoms with Gasteiger partial charge in [-0.25, -0.2) is 0 Å². The van der Waals surface area contributed by atoms with Crippen LogP contribution in [0.1, 0.15) is 26.7 Å². The second-order valence-electron chi connectivity index (χ2n) is 6.29. The number of methoxy groups -OCH3 is 1. The maximum Gasteiger partial charge on any atom is 0.406 e. The summed E-state index contributed by atoms with van der Waals surface area (Å²) in [7, 11) is 1.24. The minimum absolute atomic E-state index is 0.00188. The van der Waals surface area contributed by atoms with Crippen molar-refractivity contribution in [2.75, 3.05) is 33.3 Å². The summed E-state index contributed by atoms with van der Waals surface area (Å²) in [5.74, 6) is -2.24. The minimum atomic E-state index is -4.49. The van der Waals surface area contributed by atoms with Crippen LogP contribution in [0.4, 0.5) is 13.2 Å². The van der Waals surface area contributed by atoms with E-state index in [1.165, 1.54) is 12.0 Å². The first-order valence-corrected chi connectivity index (χ1v) is 7.73. The Balaban J connectivity index is 2.72. The molecule has 0 aromatic heterocycles. The van der Waals surface area contributed by atoms with Crippen LogP contribution in [0.5, 0.6) is 0 Å². The molecule has 1 aliphatic rings. The highest BCUT2D eigenvalue weighted by Gasteiger charge is 2.41. The smallest absolute Gasteiger partial charge is 0.406 e. The van der Waals surface area contributed by atoms with Crippen molar-refractivity contribution in [2.24, 2.45) is 11.8 Å². The maximum atomic E-state index is 12.6. The Kier molecular flexibility index (Phi) is 7.04. The highest BCUT2D eigenvalue weighted by molar-refractivity contribution is 5.89. The van der Waals surface area contributed by atoms with Crippen molar-refractivity contribution in [3.05, 3.63) is 0 Å². The van der Waals surface area contributed by atoms with Gasteiger partial charge in [0.2, 0.25) is 11.8 Å². The summed E-state index contributed by atoms with van der Waals surface area (Å²) in [4.78, 5) is 37.6. The number of esters is 1. The Hall–Kier alpha value is -1.80. The summed E-state index contributed by atoms with van der Waals surface area (Å²) in [6.45, 7) is 2.65. The van der Waals surface area contributed by atoms with Gasteiger partial charge in [0.05, 0.1) is 19.4 Å². The van der Waals surface area contributed by atoms with Gasteiger partial charge in [0.25, 0.3) is 0 Å². The van der Waals surface area contributed by atoms with Gasteiger partial charge in [0.15, 0.2) is 0 Å². The van der Waals surface area contributed by atoms with Crippen LogP contribution < -0.4 is 0 Å². The molecule has 138 valence electrons. The van der Waals surface area contributed by atoms with Gasteiger partial charge in [-0.05, 0) is 5.92 Å². The van der Waals surface area contributed by atoms with Gasteiger partial charge in [-0.2, -0.15) is 13.2 Å². The molecule has 1 saturated heterocycles. The molecule has 1 unspecified atom stereocenters. The van der Waals surface area contributed by atoms with Crippen molar-refractivity contribution in [1.82, 2.24) is 9.80 Å². The largest absolute Gasteiger partial charge is 0.469 e. The van der Waals surface area contributed by atoms with Crippen LogP contribution in [-0.4, -0.2) is 67.0 Å². The summed E-state index contributed by atoms with van der Waals surface area (Å²) in [6, 6.07) is 0. The van der Waals surface area contributed by atoms with Crippen molar-refractivity contribution in [3.63, 3.8) is 0 Å². The van der Waals surface area contributed by atoms with E-state index in [0.717, 1.165) is 0 Å². The van der Waals surface area contributed by atoms with Crippen LogP contribution in [0.25, 0.3) is 0 Å². The predicted molar refractivity (Wildman–Crippen MR) is 78.8 cm³/mol. The van der Waals surface area contributed by atoms with Crippen molar-refractivity contribution in [3.8, 4) is 0 Å². The Morgan fingerprint density at radius 1 is 1.38 bits per heavy atom. The molecule has 0 bridgehead atoms. The summed E-state index contributed by atoms with van der Waals surface area (Å²) in [5.41, 5.74) is 0. The lowest BCUT2D eigenvalue weighted by atomic mass is 10.1. The fourth-order valence-corrected chi connectivity index (χ4v) is 2.63. The first-order valence-electron chi connectivity index (χ1n) is 7.73. The average molecular weight is 352 g/mol. The number of likely N-dealkylation sites (tertiary alicyclic amines) is 1. The molecular formula is C15H23F3N2O4. The molecule has 0 saturated carbocycles. The van der Waals surface area contributed by atoms with Crippen molar-refractivity contribution >= 4 is 17.8 Å². The van der Waals surface area contributed by atoms with Crippen molar-refractivity contribution in [1.29, 1.82) is 0 Å². The second kappa shape index (κ2) is 8.34. The van der Waals surface area contributed by atoms with E-state index in [2.05, 4.69) is 4.74 Å². The Labute approximate surface area is 138 Å². The highest BCUT2D eigenvalue weighted by Crippen LogP contribution is 2.25. The zero-order valence-corrected chi connectivity index (χ0v) is 14.1. The molecule has 1 rings (SSSR count). The molecule has 0 aromatic rings. The van der Waals surface area contributed by atoms with Gasteiger partial charge in [0, 0.05) is 26.1 Å². The molecule has 24 heavy (non-hydrogen) atoms. The molecule has 1 fully saturated rings. The monoisotopic (exact) mass is 352 g/mol. The summed E-state index contributed by atoms with van der Waals surface area (Å²) in [6.07, 6.45) is -4.72. The fraction of sp³-hybridized carbons (Fsp3) is 0.800. The number of rotatable bonds is 7. The lowest BCUT2D eigenvalue weighted by molar-refractivity contribution is -0.157. The van der Waals surface area contributed by atoms with E-state index >= 15 is 0 Å². The first kappa shape index (κ1) is 20.2. The number of carbonyl (C=O) groups excluding carboxylic acids is 3. The van der Waals surface area contributed by atoms with E-state index in [1.807, 2.05) is 13.8 Å². The molecule has 1 aliphatic heterocycles. The van der Waals surface area contributed by atoms with Crippen molar-refractivity contribution in [2.45, 2.75) is 32.9 Å². The fourth-order valence-electron chi connectivity index (χ4n) is 2.63. The average Bonchev–Trinajstić information content (AvgIpc) is 2.81. The number of hydrogen-bond donors (Lipinski definition) is 0. The number of halogens is 3. The zero-order chi connectivity index (χ0) is 18.5. The lowest BCUT2D eigenvalue weighted by Crippen LogP contribution is -2.41. The van der Waals surface area contributed by atoms with Crippen LogP contribution in [0.2, 0.25) is 0 Å². The molecule has 0 aliphatic carbocycles. The minimum Gasteiger partial charge on any atom is -0.469 e. The third-order valence-electron chi connectivity index (χ3n) is 3.64. The van der Waals surface area contributed by atoms with E-state index in [1.54, 1.807) is 0 Å². The maximum absolute atomic E-state index is 12.6. The quantitative estimate of drug-likeness (QED) is 0.651. The molecule has 0 aromatic carbocycles. The van der Waals surface area contributed by atoms with Gasteiger partial charge < -0.3 is 14.5 Å². The van der Waals surface area contributed by atoms with E-state index < -0.39 is 36.4 Å². The van der Waals surface area contributed by atoms with E-state index in [4.69, 9.17) is 0 Å². The lowest BCUT2D eigenvalue weighted by Gasteiger charge is -2.27. The topological polar surface area (TPSA) is 66.9 Å². The summed E-state index contributed by atoms with van der Waals surface area (Å²) >= 11 is 0. The molecule has 0 N–H and O–H groups in total. The highest BCUT2D eigenvalue weighted by atomic mass is 19.4. The van der Waals surface area contributed by atoms with Crippen LogP contribution >= 0.6 is 0 Å². The van der Waals surface area contributed by atoms with Crippen LogP contribution in [0, 0.1) is 11.8 Å². The number of carbonyl (C=O) groups is 3.